The van der Waals surface area contributed by atoms with Gasteiger partial charge in [-0.25, -0.2) is 0 Å². The lowest BCUT2D eigenvalue weighted by molar-refractivity contribution is -0.113. The molecule has 2 N–H and O–H groups in total. The van der Waals surface area contributed by atoms with Gasteiger partial charge >= 0.3 is 0 Å². The van der Waals surface area contributed by atoms with Crippen LogP contribution < -0.4 is 10.6 Å². The molecule has 0 spiro atoms. The molecule has 0 fully saturated rings. The smallest absolute Gasteiger partial charge is 0.234 e. The van der Waals surface area contributed by atoms with Crippen molar-refractivity contribution >= 4 is 29.2 Å². The minimum atomic E-state index is -0.0587. The van der Waals surface area contributed by atoms with E-state index in [4.69, 9.17) is 0 Å². The highest BCUT2D eigenvalue weighted by atomic mass is 32.2. The second-order valence-corrected chi connectivity index (χ2v) is 7.73. The van der Waals surface area contributed by atoms with Crippen LogP contribution in [0.15, 0.2) is 59.6 Å². The Labute approximate surface area is 170 Å². The van der Waals surface area contributed by atoms with Crippen LogP contribution in [0.1, 0.15) is 22.3 Å². The monoisotopic (exact) mass is 392 g/mol. The van der Waals surface area contributed by atoms with Gasteiger partial charge in [0.25, 0.3) is 0 Å². The lowest BCUT2D eigenvalue weighted by atomic mass is 10.1. The van der Waals surface area contributed by atoms with Gasteiger partial charge in [-0.3, -0.25) is 4.79 Å². The molecular weight excluding hydrogens is 368 g/mol. The van der Waals surface area contributed by atoms with Crippen LogP contribution in [0.2, 0.25) is 0 Å². The molecule has 1 amide bonds. The summed E-state index contributed by atoms with van der Waals surface area (Å²) in [4.78, 5) is 12.1. The van der Waals surface area contributed by atoms with E-state index in [2.05, 4.69) is 58.9 Å². The van der Waals surface area contributed by atoms with Crippen molar-refractivity contribution in [3.8, 4) is 0 Å². The van der Waals surface area contributed by atoms with E-state index in [1.165, 1.54) is 28.5 Å². The zero-order valence-electron chi connectivity index (χ0n) is 16.3. The Morgan fingerprint density at radius 1 is 0.929 bits per heavy atom. The first-order chi connectivity index (χ1) is 13.5. The predicted octanol–water partition coefficient (Wildman–Crippen LogP) is 4.74. The summed E-state index contributed by atoms with van der Waals surface area (Å²) in [7, 11) is 0. The first-order valence-electron chi connectivity index (χ1n) is 9.12. The molecule has 0 aliphatic rings. The van der Waals surface area contributed by atoms with E-state index in [0.717, 1.165) is 16.3 Å². The number of hydrogen-bond donors (Lipinski definition) is 2. The van der Waals surface area contributed by atoms with Crippen molar-refractivity contribution in [2.75, 3.05) is 16.4 Å². The fraction of sp³-hybridized carbons (Fsp3) is 0.227. The van der Waals surface area contributed by atoms with Gasteiger partial charge in [-0.2, -0.15) is 0 Å². The maximum Gasteiger partial charge on any atom is 0.234 e. The topological polar surface area (TPSA) is 66.9 Å². The molecule has 0 saturated heterocycles. The number of nitrogens with one attached hydrogen (secondary N) is 2. The number of nitrogens with zero attached hydrogens (tertiary/aromatic N) is 2. The zero-order valence-corrected chi connectivity index (χ0v) is 17.1. The second kappa shape index (κ2) is 9.37. The van der Waals surface area contributed by atoms with Crippen LogP contribution in [0.25, 0.3) is 0 Å². The third-order valence-electron chi connectivity index (χ3n) is 4.38. The van der Waals surface area contributed by atoms with Gasteiger partial charge in [0.1, 0.15) is 10.8 Å². The largest absolute Gasteiger partial charge is 0.365 e. The Morgan fingerprint density at radius 2 is 1.71 bits per heavy atom. The molecule has 0 aliphatic carbocycles. The molecule has 0 atom stereocenters. The summed E-state index contributed by atoms with van der Waals surface area (Å²) in [5.74, 6) is 0.943. The van der Waals surface area contributed by atoms with Gasteiger partial charge in [-0.15, -0.1) is 10.2 Å². The number of aryl methyl sites for hydroxylation is 3. The summed E-state index contributed by atoms with van der Waals surface area (Å²) in [5, 5.41) is 15.2. The third-order valence-corrected chi connectivity index (χ3v) is 5.30. The first kappa shape index (κ1) is 19.9. The summed E-state index contributed by atoms with van der Waals surface area (Å²) >= 11 is 1.37. The average Bonchev–Trinajstić information content (AvgIpc) is 2.69. The molecule has 2 aromatic carbocycles. The van der Waals surface area contributed by atoms with Crippen LogP contribution >= 0.6 is 11.8 Å². The Balaban J connectivity index is 1.46. The summed E-state index contributed by atoms with van der Waals surface area (Å²) < 4.78 is 0. The lowest BCUT2D eigenvalue weighted by Gasteiger charge is -2.08. The SMILES string of the molecule is Cc1ccc(CNc2ccc(SCC(=O)Nc3ccc(C)c(C)c3)nn2)cc1. The van der Waals surface area contributed by atoms with Crippen molar-refractivity contribution in [2.24, 2.45) is 0 Å². The summed E-state index contributed by atoms with van der Waals surface area (Å²) in [6.45, 7) is 6.85. The molecular formula is C22H24N4OS. The highest BCUT2D eigenvalue weighted by Gasteiger charge is 2.06. The zero-order chi connectivity index (χ0) is 19.9. The molecule has 0 bridgehead atoms. The van der Waals surface area contributed by atoms with Gasteiger partial charge in [-0.1, -0.05) is 47.7 Å². The number of thioether (sulfide) groups is 1. The highest BCUT2D eigenvalue weighted by molar-refractivity contribution is 7.99. The van der Waals surface area contributed by atoms with Crippen LogP contribution in [0, 0.1) is 20.8 Å². The van der Waals surface area contributed by atoms with Crippen LogP contribution in [-0.4, -0.2) is 21.9 Å². The molecule has 28 heavy (non-hydrogen) atoms. The van der Waals surface area contributed by atoms with Crippen molar-refractivity contribution in [1.29, 1.82) is 0 Å². The van der Waals surface area contributed by atoms with E-state index in [9.17, 15) is 4.79 Å². The van der Waals surface area contributed by atoms with Crippen LogP contribution in [-0.2, 0) is 11.3 Å². The molecule has 0 unspecified atom stereocenters. The maximum absolute atomic E-state index is 12.1. The van der Waals surface area contributed by atoms with Crippen molar-refractivity contribution in [3.05, 3.63) is 76.9 Å². The Morgan fingerprint density at radius 3 is 2.39 bits per heavy atom. The number of amides is 1. The van der Waals surface area contributed by atoms with Crippen LogP contribution in [0.4, 0.5) is 11.5 Å². The molecule has 0 radical (unpaired) electrons. The van der Waals surface area contributed by atoms with E-state index in [-0.39, 0.29) is 11.7 Å². The van der Waals surface area contributed by atoms with Gasteiger partial charge < -0.3 is 10.6 Å². The van der Waals surface area contributed by atoms with Crippen molar-refractivity contribution < 1.29 is 4.79 Å². The van der Waals surface area contributed by atoms with E-state index >= 15 is 0 Å². The number of rotatable bonds is 7. The third kappa shape index (κ3) is 5.82. The Kier molecular flexibility index (Phi) is 6.66. The lowest BCUT2D eigenvalue weighted by Crippen LogP contribution is -2.14. The predicted molar refractivity (Wildman–Crippen MR) is 116 cm³/mol. The van der Waals surface area contributed by atoms with Crippen LogP contribution in [0.5, 0.6) is 0 Å². The van der Waals surface area contributed by atoms with Gasteiger partial charge in [0, 0.05) is 12.2 Å². The Bertz CT molecular complexity index is 940. The van der Waals surface area contributed by atoms with Crippen molar-refractivity contribution in [3.63, 3.8) is 0 Å². The molecule has 1 heterocycles. The second-order valence-electron chi connectivity index (χ2n) is 6.73. The molecule has 144 valence electrons. The standard InChI is InChI=1S/C22H24N4OS/c1-15-4-7-18(8-5-15)13-23-20-10-11-22(26-25-20)28-14-21(27)24-19-9-6-16(2)17(3)12-19/h4-12H,13-14H2,1-3H3,(H,23,25)(H,24,27). The number of aromatic nitrogens is 2. The minimum absolute atomic E-state index is 0.0587. The van der Waals surface area contributed by atoms with Crippen molar-refractivity contribution in [2.45, 2.75) is 32.3 Å². The summed E-state index contributed by atoms with van der Waals surface area (Å²) in [6, 6.07) is 18.0. The minimum Gasteiger partial charge on any atom is -0.365 e. The molecule has 3 aromatic rings. The number of hydrogen-bond acceptors (Lipinski definition) is 5. The molecule has 1 aromatic heterocycles. The van der Waals surface area contributed by atoms with Gasteiger partial charge in [0.15, 0.2) is 0 Å². The van der Waals surface area contributed by atoms with Crippen molar-refractivity contribution in [1.82, 2.24) is 10.2 Å². The van der Waals surface area contributed by atoms with Gasteiger partial charge in [0.2, 0.25) is 5.91 Å². The van der Waals surface area contributed by atoms with Crippen LogP contribution in [0.3, 0.4) is 0 Å². The summed E-state index contributed by atoms with van der Waals surface area (Å²) in [6.07, 6.45) is 0. The highest BCUT2D eigenvalue weighted by Crippen LogP contribution is 2.18. The number of carbonyl (C=O) groups is 1. The quantitative estimate of drug-likeness (QED) is 0.568. The van der Waals surface area contributed by atoms with E-state index in [1.807, 2.05) is 37.3 Å². The normalized spacial score (nSPS) is 10.5. The number of carbonyl (C=O) groups excluding carboxylic acids is 1. The van der Waals surface area contributed by atoms with Gasteiger partial charge in [-0.05, 0) is 61.7 Å². The summed E-state index contributed by atoms with van der Waals surface area (Å²) in [5.41, 5.74) is 5.61. The Hall–Kier alpha value is -2.86. The first-order valence-corrected chi connectivity index (χ1v) is 10.1. The molecule has 0 aliphatic heterocycles. The fourth-order valence-corrected chi connectivity index (χ4v) is 3.16. The number of benzene rings is 2. The number of anilines is 2. The van der Waals surface area contributed by atoms with E-state index in [1.54, 1.807) is 0 Å². The average molecular weight is 393 g/mol. The molecule has 6 heteroatoms. The van der Waals surface area contributed by atoms with E-state index in [0.29, 0.717) is 12.4 Å². The van der Waals surface area contributed by atoms with Gasteiger partial charge in [0.05, 0.1) is 5.75 Å². The molecule has 3 rings (SSSR count). The molecule has 5 nitrogen and oxygen atoms in total. The fourth-order valence-electron chi connectivity index (χ4n) is 2.55. The van der Waals surface area contributed by atoms with E-state index < -0.39 is 0 Å². The maximum atomic E-state index is 12.1. The molecule has 0 saturated carbocycles.